The number of carbonyl (C=O) groups excluding carboxylic acids is 3. The number of benzene rings is 2. The second-order valence-electron chi connectivity index (χ2n) is 7.52. The molecule has 8 nitrogen and oxygen atoms in total. The second-order valence-corrected chi connectivity index (χ2v) is 7.96. The van der Waals surface area contributed by atoms with Gasteiger partial charge in [-0.05, 0) is 55.3 Å². The van der Waals surface area contributed by atoms with E-state index in [1.165, 1.54) is 49.5 Å². The standard InChI is InChI=1S/C23H18ClF3N4O4/c1-10-3-5-13(16(7-10)30-22(35)23(25,26)27)21(34)31-18-14(15-6-4-12(24)9-29-15)8-11(2)19(32)17(18)20(28)33/h3-9,32H,1-2H3,(H2,28,33)(H,30,35)(H,31,34). The maximum atomic E-state index is 13.2. The third-order valence-electron chi connectivity index (χ3n) is 4.90. The van der Waals surface area contributed by atoms with Crippen LogP contribution in [0.2, 0.25) is 5.02 Å². The lowest BCUT2D eigenvalue weighted by Crippen LogP contribution is -2.31. The van der Waals surface area contributed by atoms with Gasteiger partial charge < -0.3 is 21.5 Å². The van der Waals surface area contributed by atoms with Gasteiger partial charge in [-0.2, -0.15) is 13.2 Å². The van der Waals surface area contributed by atoms with Gasteiger partial charge in [0.25, 0.3) is 11.8 Å². The molecule has 2 aromatic carbocycles. The number of nitrogens with two attached hydrogens (primary N) is 1. The summed E-state index contributed by atoms with van der Waals surface area (Å²) < 4.78 is 38.4. The normalized spacial score (nSPS) is 11.1. The van der Waals surface area contributed by atoms with Crippen LogP contribution in [0.3, 0.4) is 0 Å². The molecule has 12 heteroatoms. The number of pyridine rings is 1. The molecule has 1 heterocycles. The summed E-state index contributed by atoms with van der Waals surface area (Å²) in [5.41, 5.74) is 5.21. The molecule has 1 aromatic heterocycles. The number of alkyl halides is 3. The number of aromatic hydroxyl groups is 1. The van der Waals surface area contributed by atoms with Crippen molar-refractivity contribution in [2.75, 3.05) is 10.6 Å². The fourth-order valence-electron chi connectivity index (χ4n) is 3.25. The SMILES string of the molecule is Cc1ccc(C(=O)Nc2c(-c3ccc(Cl)cn3)cc(C)c(O)c2C(N)=O)c(NC(=O)C(F)(F)F)c1. The Hall–Kier alpha value is -4.12. The molecule has 3 rings (SSSR count). The highest BCUT2D eigenvalue weighted by molar-refractivity contribution is 6.30. The summed E-state index contributed by atoms with van der Waals surface area (Å²) >= 11 is 5.88. The fraction of sp³-hybridized carbons (Fsp3) is 0.130. The molecule has 0 atom stereocenters. The van der Waals surface area contributed by atoms with E-state index in [0.717, 1.165) is 0 Å². The van der Waals surface area contributed by atoms with Crippen molar-refractivity contribution in [3.63, 3.8) is 0 Å². The van der Waals surface area contributed by atoms with Crippen molar-refractivity contribution in [2.24, 2.45) is 5.73 Å². The summed E-state index contributed by atoms with van der Waals surface area (Å²) in [6.07, 6.45) is -3.87. The number of aromatic nitrogens is 1. The van der Waals surface area contributed by atoms with Crippen molar-refractivity contribution in [3.05, 3.63) is 69.9 Å². The lowest BCUT2D eigenvalue weighted by molar-refractivity contribution is -0.167. The van der Waals surface area contributed by atoms with Gasteiger partial charge >= 0.3 is 12.1 Å². The molecule has 5 N–H and O–H groups in total. The maximum Gasteiger partial charge on any atom is 0.471 e. The average Bonchev–Trinajstić information content (AvgIpc) is 2.76. The highest BCUT2D eigenvalue weighted by atomic mass is 35.5. The van der Waals surface area contributed by atoms with Crippen LogP contribution in [0.4, 0.5) is 24.5 Å². The molecular formula is C23H18ClF3N4O4. The van der Waals surface area contributed by atoms with Crippen LogP contribution >= 0.6 is 11.6 Å². The Morgan fingerprint density at radius 2 is 1.74 bits per heavy atom. The zero-order chi connectivity index (χ0) is 26.1. The highest BCUT2D eigenvalue weighted by Crippen LogP contribution is 2.38. The number of anilines is 2. The van der Waals surface area contributed by atoms with Gasteiger partial charge in [-0.25, -0.2) is 0 Å². The quantitative estimate of drug-likeness (QED) is 0.402. The molecule has 0 bridgehead atoms. The first-order valence-electron chi connectivity index (χ1n) is 9.88. The van der Waals surface area contributed by atoms with Gasteiger partial charge in [-0.3, -0.25) is 19.4 Å². The van der Waals surface area contributed by atoms with E-state index < -0.39 is 40.9 Å². The van der Waals surface area contributed by atoms with E-state index in [4.69, 9.17) is 17.3 Å². The molecule has 182 valence electrons. The van der Waals surface area contributed by atoms with Gasteiger partial charge in [-0.1, -0.05) is 17.7 Å². The average molecular weight is 507 g/mol. The third-order valence-corrected chi connectivity index (χ3v) is 5.13. The van der Waals surface area contributed by atoms with Gasteiger partial charge in [0.15, 0.2) is 0 Å². The Bertz CT molecular complexity index is 1340. The number of rotatable bonds is 5. The van der Waals surface area contributed by atoms with Crippen LogP contribution in [-0.2, 0) is 4.79 Å². The van der Waals surface area contributed by atoms with Crippen LogP contribution in [0.15, 0.2) is 42.6 Å². The molecule has 3 amide bonds. The first kappa shape index (κ1) is 25.5. The van der Waals surface area contributed by atoms with E-state index in [-0.39, 0.29) is 28.1 Å². The molecule has 35 heavy (non-hydrogen) atoms. The van der Waals surface area contributed by atoms with Crippen LogP contribution in [0.5, 0.6) is 5.75 Å². The first-order chi connectivity index (χ1) is 16.3. The molecule has 0 fully saturated rings. The van der Waals surface area contributed by atoms with Crippen LogP contribution in [0.1, 0.15) is 31.8 Å². The molecule has 3 aromatic rings. The zero-order valence-corrected chi connectivity index (χ0v) is 19.0. The van der Waals surface area contributed by atoms with Gasteiger partial charge in [0.1, 0.15) is 11.3 Å². The van der Waals surface area contributed by atoms with E-state index in [2.05, 4.69) is 10.3 Å². The number of primary amides is 1. The van der Waals surface area contributed by atoms with Crippen LogP contribution in [-0.4, -0.2) is 34.0 Å². The van der Waals surface area contributed by atoms with Gasteiger partial charge in [-0.15, -0.1) is 0 Å². The monoisotopic (exact) mass is 506 g/mol. The number of halogens is 4. The van der Waals surface area contributed by atoms with Crippen molar-refractivity contribution >= 4 is 40.7 Å². The minimum absolute atomic E-state index is 0.187. The Labute approximate surface area is 201 Å². The van der Waals surface area contributed by atoms with Gasteiger partial charge in [0.05, 0.1) is 27.7 Å². The molecule has 0 aliphatic rings. The van der Waals surface area contributed by atoms with E-state index >= 15 is 0 Å². The highest BCUT2D eigenvalue weighted by Gasteiger charge is 2.39. The Morgan fingerprint density at radius 1 is 1.06 bits per heavy atom. The van der Waals surface area contributed by atoms with Crippen LogP contribution < -0.4 is 16.4 Å². The summed E-state index contributed by atoms with van der Waals surface area (Å²) in [5.74, 6) is -4.83. The zero-order valence-electron chi connectivity index (χ0n) is 18.2. The lowest BCUT2D eigenvalue weighted by atomic mass is 9.97. The Morgan fingerprint density at radius 3 is 2.31 bits per heavy atom. The van der Waals surface area contributed by atoms with E-state index in [1.54, 1.807) is 12.2 Å². The molecular weight excluding hydrogens is 489 g/mol. The number of hydrogen-bond donors (Lipinski definition) is 4. The predicted octanol–water partition coefficient (Wildman–Crippen LogP) is 4.58. The number of nitrogens with zero attached hydrogens (tertiary/aromatic N) is 1. The van der Waals surface area contributed by atoms with E-state index in [0.29, 0.717) is 10.6 Å². The summed E-state index contributed by atoms with van der Waals surface area (Å²) in [6, 6.07) is 8.27. The first-order valence-corrected chi connectivity index (χ1v) is 10.3. The minimum atomic E-state index is -5.19. The van der Waals surface area contributed by atoms with Crippen LogP contribution in [0, 0.1) is 13.8 Å². The van der Waals surface area contributed by atoms with Crippen molar-refractivity contribution in [1.82, 2.24) is 4.98 Å². The topological polar surface area (TPSA) is 134 Å². The number of amides is 3. The number of carbonyl (C=O) groups is 3. The molecule has 0 unspecified atom stereocenters. The smallest absolute Gasteiger partial charge is 0.471 e. The summed E-state index contributed by atoms with van der Waals surface area (Å²) in [4.78, 5) is 41.0. The van der Waals surface area contributed by atoms with Crippen molar-refractivity contribution in [3.8, 4) is 17.0 Å². The number of nitrogens with one attached hydrogen (secondary N) is 2. The summed E-state index contributed by atoms with van der Waals surface area (Å²) in [7, 11) is 0. The van der Waals surface area contributed by atoms with Crippen LogP contribution in [0.25, 0.3) is 11.3 Å². The third kappa shape index (κ3) is 5.52. The molecule has 0 spiro atoms. The molecule has 0 saturated heterocycles. The summed E-state index contributed by atoms with van der Waals surface area (Å²) in [5, 5.41) is 14.9. The Balaban J connectivity index is 2.15. The van der Waals surface area contributed by atoms with Gasteiger partial charge in [0, 0.05) is 11.8 Å². The fourth-order valence-corrected chi connectivity index (χ4v) is 3.36. The summed E-state index contributed by atoms with van der Waals surface area (Å²) in [6.45, 7) is 3.05. The number of phenols is 1. The van der Waals surface area contributed by atoms with Gasteiger partial charge in [0.2, 0.25) is 0 Å². The number of hydrogen-bond acceptors (Lipinski definition) is 5. The van der Waals surface area contributed by atoms with Crippen molar-refractivity contribution < 1.29 is 32.7 Å². The molecule has 0 radical (unpaired) electrons. The predicted molar refractivity (Wildman–Crippen MR) is 123 cm³/mol. The largest absolute Gasteiger partial charge is 0.507 e. The van der Waals surface area contributed by atoms with Crippen molar-refractivity contribution in [1.29, 1.82) is 0 Å². The number of aryl methyl sites for hydroxylation is 2. The Kier molecular flexibility index (Phi) is 7.01. The van der Waals surface area contributed by atoms with Crippen molar-refractivity contribution in [2.45, 2.75) is 20.0 Å². The molecule has 0 saturated carbocycles. The molecule has 0 aliphatic heterocycles. The minimum Gasteiger partial charge on any atom is -0.507 e. The molecule has 0 aliphatic carbocycles. The maximum absolute atomic E-state index is 13.2. The second kappa shape index (κ2) is 9.63. The lowest BCUT2D eigenvalue weighted by Gasteiger charge is -2.19. The van der Waals surface area contributed by atoms with E-state index in [9.17, 15) is 32.7 Å². The van der Waals surface area contributed by atoms with E-state index in [1.807, 2.05) is 0 Å².